The zero-order chi connectivity index (χ0) is 18.0. The lowest BCUT2D eigenvalue weighted by atomic mass is 10.1. The van der Waals surface area contributed by atoms with Crippen molar-refractivity contribution in [2.75, 3.05) is 31.1 Å². The van der Waals surface area contributed by atoms with Crippen LogP contribution in [-0.4, -0.2) is 46.9 Å². The molecule has 3 rings (SSSR count). The Hall–Kier alpha value is -2.67. The fourth-order valence-corrected chi connectivity index (χ4v) is 3.10. The molecular formula is C17H17ClN4O3. The third-order valence-electron chi connectivity index (χ3n) is 4.19. The fraction of sp³-hybridized carbons (Fsp3) is 0.294. The van der Waals surface area contributed by atoms with Gasteiger partial charge in [0.2, 0.25) is 0 Å². The molecule has 130 valence electrons. The van der Waals surface area contributed by atoms with E-state index in [2.05, 4.69) is 4.98 Å². The topological polar surface area (TPSA) is 79.6 Å². The molecule has 1 aliphatic heterocycles. The molecule has 0 aliphatic carbocycles. The molecule has 1 amide bonds. The van der Waals surface area contributed by atoms with Gasteiger partial charge in [0.15, 0.2) is 0 Å². The first-order chi connectivity index (χ1) is 12.0. The number of carbonyl (C=O) groups excluding carboxylic acids is 1. The van der Waals surface area contributed by atoms with Crippen molar-refractivity contribution in [1.29, 1.82) is 0 Å². The molecule has 1 saturated heterocycles. The standard InChI is InChI=1S/C17H17ClN4O3/c1-12-9-15(22(24)25)11-19-16(12)20-5-7-21(8-6-20)17(23)13-3-2-4-14(18)10-13/h2-4,9-11H,5-8H2,1H3. The molecule has 8 heteroatoms. The van der Waals surface area contributed by atoms with Gasteiger partial charge in [0.05, 0.1) is 4.92 Å². The Bertz CT molecular complexity index is 819. The molecule has 2 aromatic rings. The molecule has 0 atom stereocenters. The molecule has 1 aromatic heterocycles. The average molecular weight is 361 g/mol. The van der Waals surface area contributed by atoms with Crippen LogP contribution in [0.3, 0.4) is 0 Å². The number of hydrogen-bond donors (Lipinski definition) is 0. The van der Waals surface area contributed by atoms with Crippen molar-refractivity contribution >= 4 is 29.0 Å². The van der Waals surface area contributed by atoms with Gasteiger partial charge in [-0.25, -0.2) is 4.98 Å². The Labute approximate surface area is 150 Å². The maximum absolute atomic E-state index is 12.5. The number of aromatic nitrogens is 1. The lowest BCUT2D eigenvalue weighted by molar-refractivity contribution is -0.385. The molecule has 2 heterocycles. The van der Waals surface area contributed by atoms with Crippen molar-refractivity contribution in [3.63, 3.8) is 0 Å². The normalized spacial score (nSPS) is 14.5. The summed E-state index contributed by atoms with van der Waals surface area (Å²) in [6.07, 6.45) is 1.27. The van der Waals surface area contributed by atoms with E-state index in [1.807, 2.05) is 4.90 Å². The summed E-state index contributed by atoms with van der Waals surface area (Å²) in [5.74, 6) is 0.677. The van der Waals surface area contributed by atoms with E-state index in [0.717, 1.165) is 11.4 Å². The summed E-state index contributed by atoms with van der Waals surface area (Å²) in [5, 5.41) is 11.4. The van der Waals surface area contributed by atoms with E-state index >= 15 is 0 Å². The van der Waals surface area contributed by atoms with Crippen LogP contribution in [0.1, 0.15) is 15.9 Å². The quantitative estimate of drug-likeness (QED) is 0.621. The maximum atomic E-state index is 12.5. The minimum atomic E-state index is -0.453. The molecule has 7 nitrogen and oxygen atoms in total. The smallest absolute Gasteiger partial charge is 0.287 e. The number of aryl methyl sites for hydroxylation is 1. The number of benzene rings is 1. The van der Waals surface area contributed by atoms with Crippen molar-refractivity contribution < 1.29 is 9.72 Å². The Kier molecular flexibility index (Phi) is 4.85. The number of rotatable bonds is 3. The van der Waals surface area contributed by atoms with Gasteiger partial charge in [-0.05, 0) is 30.7 Å². The summed E-state index contributed by atoms with van der Waals surface area (Å²) in [6, 6.07) is 8.43. The van der Waals surface area contributed by atoms with Gasteiger partial charge in [-0.2, -0.15) is 0 Å². The van der Waals surface area contributed by atoms with Crippen LogP contribution in [0.25, 0.3) is 0 Å². The number of pyridine rings is 1. The third-order valence-corrected chi connectivity index (χ3v) is 4.42. The third kappa shape index (κ3) is 3.71. The summed E-state index contributed by atoms with van der Waals surface area (Å²) >= 11 is 5.95. The van der Waals surface area contributed by atoms with E-state index in [9.17, 15) is 14.9 Å². The SMILES string of the molecule is Cc1cc([N+](=O)[O-])cnc1N1CCN(C(=O)c2cccc(Cl)c2)CC1. The summed E-state index contributed by atoms with van der Waals surface area (Å²) < 4.78 is 0. The first-order valence-corrected chi connectivity index (χ1v) is 8.24. The number of hydrogen-bond acceptors (Lipinski definition) is 5. The first-order valence-electron chi connectivity index (χ1n) is 7.86. The number of amides is 1. The number of nitro groups is 1. The highest BCUT2D eigenvalue weighted by atomic mass is 35.5. The zero-order valence-electron chi connectivity index (χ0n) is 13.7. The molecule has 0 spiro atoms. The first kappa shape index (κ1) is 17.2. The number of anilines is 1. The molecule has 0 unspecified atom stereocenters. The Morgan fingerprint density at radius 1 is 1.24 bits per heavy atom. The van der Waals surface area contributed by atoms with E-state index in [0.29, 0.717) is 36.8 Å². The lowest BCUT2D eigenvalue weighted by Gasteiger charge is -2.36. The molecule has 0 N–H and O–H groups in total. The Morgan fingerprint density at radius 2 is 1.96 bits per heavy atom. The predicted molar refractivity (Wildman–Crippen MR) is 95.2 cm³/mol. The number of carbonyl (C=O) groups is 1. The van der Waals surface area contributed by atoms with Crippen LogP contribution in [-0.2, 0) is 0 Å². The molecule has 0 bridgehead atoms. The Balaban J connectivity index is 1.68. The van der Waals surface area contributed by atoms with Crippen LogP contribution in [0, 0.1) is 17.0 Å². The largest absolute Gasteiger partial charge is 0.353 e. The highest BCUT2D eigenvalue weighted by Crippen LogP contribution is 2.23. The maximum Gasteiger partial charge on any atom is 0.287 e. The fourth-order valence-electron chi connectivity index (χ4n) is 2.91. The van der Waals surface area contributed by atoms with E-state index in [-0.39, 0.29) is 11.6 Å². The van der Waals surface area contributed by atoms with Gasteiger partial charge >= 0.3 is 0 Å². The second-order valence-electron chi connectivity index (χ2n) is 5.88. The molecule has 1 aromatic carbocycles. The van der Waals surface area contributed by atoms with Crippen LogP contribution in [0.15, 0.2) is 36.5 Å². The van der Waals surface area contributed by atoms with Crippen molar-refractivity contribution in [3.05, 3.63) is 62.8 Å². The highest BCUT2D eigenvalue weighted by Gasteiger charge is 2.24. The minimum absolute atomic E-state index is 0.0176. The summed E-state index contributed by atoms with van der Waals surface area (Å²) in [4.78, 5) is 31.0. The van der Waals surface area contributed by atoms with Crippen LogP contribution < -0.4 is 4.90 Å². The molecule has 0 saturated carbocycles. The average Bonchev–Trinajstić information content (AvgIpc) is 2.61. The summed E-state index contributed by atoms with van der Waals surface area (Å²) in [5.41, 5.74) is 1.31. The van der Waals surface area contributed by atoms with Crippen LogP contribution in [0.5, 0.6) is 0 Å². The van der Waals surface area contributed by atoms with Crippen molar-refractivity contribution in [1.82, 2.24) is 9.88 Å². The predicted octanol–water partition coefficient (Wildman–Crippen LogP) is 2.91. The Morgan fingerprint density at radius 3 is 2.56 bits per heavy atom. The monoisotopic (exact) mass is 360 g/mol. The van der Waals surface area contributed by atoms with Gasteiger partial charge < -0.3 is 9.80 Å². The van der Waals surface area contributed by atoms with Crippen molar-refractivity contribution in [3.8, 4) is 0 Å². The van der Waals surface area contributed by atoms with Crippen LogP contribution >= 0.6 is 11.6 Å². The van der Waals surface area contributed by atoms with Gasteiger partial charge in [0.25, 0.3) is 11.6 Å². The van der Waals surface area contributed by atoms with E-state index in [1.54, 1.807) is 36.1 Å². The van der Waals surface area contributed by atoms with Crippen molar-refractivity contribution in [2.24, 2.45) is 0 Å². The van der Waals surface area contributed by atoms with Gasteiger partial charge in [-0.3, -0.25) is 14.9 Å². The van der Waals surface area contributed by atoms with Gasteiger partial charge in [0, 0.05) is 42.8 Å². The number of halogens is 1. The van der Waals surface area contributed by atoms with E-state index in [4.69, 9.17) is 11.6 Å². The molecule has 1 fully saturated rings. The molecule has 25 heavy (non-hydrogen) atoms. The zero-order valence-corrected chi connectivity index (χ0v) is 14.4. The van der Waals surface area contributed by atoms with Gasteiger partial charge in [-0.1, -0.05) is 17.7 Å². The van der Waals surface area contributed by atoms with E-state index in [1.165, 1.54) is 12.3 Å². The van der Waals surface area contributed by atoms with Crippen LogP contribution in [0.4, 0.5) is 11.5 Å². The number of piperazine rings is 1. The lowest BCUT2D eigenvalue weighted by Crippen LogP contribution is -2.49. The second-order valence-corrected chi connectivity index (χ2v) is 6.32. The summed E-state index contributed by atoms with van der Waals surface area (Å²) in [7, 11) is 0. The second kappa shape index (κ2) is 7.06. The highest BCUT2D eigenvalue weighted by molar-refractivity contribution is 6.30. The minimum Gasteiger partial charge on any atom is -0.353 e. The number of nitrogens with zero attached hydrogens (tertiary/aromatic N) is 4. The molecule has 0 radical (unpaired) electrons. The van der Waals surface area contributed by atoms with Crippen LogP contribution in [0.2, 0.25) is 5.02 Å². The summed E-state index contributed by atoms with van der Waals surface area (Å²) in [6.45, 7) is 4.17. The van der Waals surface area contributed by atoms with Gasteiger partial charge in [0.1, 0.15) is 12.0 Å². The van der Waals surface area contributed by atoms with Crippen molar-refractivity contribution in [2.45, 2.75) is 6.92 Å². The molecular weight excluding hydrogens is 344 g/mol. The van der Waals surface area contributed by atoms with E-state index < -0.39 is 4.92 Å². The molecule has 1 aliphatic rings. The van der Waals surface area contributed by atoms with Gasteiger partial charge in [-0.15, -0.1) is 0 Å².